The number of hydrogen-bond acceptors (Lipinski definition) is 6. The van der Waals surface area contributed by atoms with Gasteiger partial charge in [-0.3, -0.25) is 24.3 Å². The van der Waals surface area contributed by atoms with Gasteiger partial charge in [0.05, 0.1) is 41.2 Å². The number of ether oxygens (including phenoxy) is 1. The quantitative estimate of drug-likeness (QED) is 0.332. The Bertz CT molecular complexity index is 1390. The summed E-state index contributed by atoms with van der Waals surface area (Å²) in [5, 5.41) is 23.6. The van der Waals surface area contributed by atoms with Crippen molar-refractivity contribution in [3.05, 3.63) is 63.7 Å². The van der Waals surface area contributed by atoms with Crippen molar-refractivity contribution in [2.75, 3.05) is 12.4 Å². The summed E-state index contributed by atoms with van der Waals surface area (Å²) in [6, 6.07) is 7.90. The molecule has 2 heterocycles. The van der Waals surface area contributed by atoms with E-state index in [4.69, 9.17) is 9.84 Å². The van der Waals surface area contributed by atoms with Gasteiger partial charge in [-0.15, -0.1) is 0 Å². The Labute approximate surface area is 221 Å². The third-order valence-corrected chi connectivity index (χ3v) is 9.07. The fourth-order valence-electron chi connectivity index (χ4n) is 8.04. The molecule has 0 spiro atoms. The van der Waals surface area contributed by atoms with Gasteiger partial charge in [-0.05, 0) is 87.3 Å². The second-order valence-corrected chi connectivity index (χ2v) is 11.9. The van der Waals surface area contributed by atoms with Gasteiger partial charge in [0, 0.05) is 6.42 Å². The Kier molecular flexibility index (Phi) is 5.81. The lowest BCUT2D eigenvalue weighted by molar-refractivity contribution is -0.385. The van der Waals surface area contributed by atoms with Gasteiger partial charge in [0.1, 0.15) is 18.1 Å². The monoisotopic (exact) mass is 518 g/mol. The zero-order chi connectivity index (χ0) is 26.7. The van der Waals surface area contributed by atoms with Crippen molar-refractivity contribution < 1.29 is 14.5 Å². The number of aromatic nitrogens is 4. The van der Waals surface area contributed by atoms with Gasteiger partial charge in [0.15, 0.2) is 0 Å². The molecule has 0 radical (unpaired) electrons. The number of rotatable bonds is 8. The minimum Gasteiger partial charge on any atom is -0.497 e. The van der Waals surface area contributed by atoms with Gasteiger partial charge in [0.25, 0.3) is 0 Å². The second kappa shape index (κ2) is 8.96. The van der Waals surface area contributed by atoms with Crippen molar-refractivity contribution in [3.8, 4) is 5.75 Å². The van der Waals surface area contributed by atoms with Gasteiger partial charge < -0.3 is 10.1 Å². The molecule has 2 atom stereocenters. The van der Waals surface area contributed by atoms with Crippen molar-refractivity contribution in [1.82, 2.24) is 19.6 Å². The van der Waals surface area contributed by atoms with Gasteiger partial charge in [-0.25, -0.2) is 0 Å². The van der Waals surface area contributed by atoms with Crippen molar-refractivity contribution in [2.45, 2.75) is 70.9 Å². The Morgan fingerprint density at radius 2 is 2.00 bits per heavy atom. The zero-order valence-electron chi connectivity index (χ0n) is 22.1. The molecular formula is C28H34N6O4. The first kappa shape index (κ1) is 24.6. The van der Waals surface area contributed by atoms with Crippen LogP contribution in [0.1, 0.15) is 61.9 Å². The Morgan fingerprint density at radius 3 is 2.68 bits per heavy atom. The number of hydrogen-bond donors (Lipinski definition) is 1. The van der Waals surface area contributed by atoms with Gasteiger partial charge in [0.2, 0.25) is 5.91 Å². The first-order chi connectivity index (χ1) is 18.2. The third kappa shape index (κ3) is 4.25. The van der Waals surface area contributed by atoms with Crippen LogP contribution in [-0.4, -0.2) is 37.5 Å². The summed E-state index contributed by atoms with van der Waals surface area (Å²) < 4.78 is 9.12. The second-order valence-electron chi connectivity index (χ2n) is 11.9. The van der Waals surface area contributed by atoms with Crippen LogP contribution in [0.5, 0.6) is 5.75 Å². The zero-order valence-corrected chi connectivity index (χ0v) is 22.1. The van der Waals surface area contributed by atoms with Crippen molar-refractivity contribution in [2.24, 2.45) is 17.3 Å². The van der Waals surface area contributed by atoms with Crippen LogP contribution in [0.3, 0.4) is 0 Å². The van der Waals surface area contributed by atoms with Crippen LogP contribution in [0.4, 0.5) is 11.4 Å². The number of methoxy groups -OCH3 is 1. The summed E-state index contributed by atoms with van der Waals surface area (Å²) in [6.45, 7) is 4.50. The van der Waals surface area contributed by atoms with E-state index in [-0.39, 0.29) is 27.5 Å². The highest BCUT2D eigenvalue weighted by Gasteiger charge is 2.59. The molecular weight excluding hydrogens is 484 g/mol. The normalized spacial score (nSPS) is 27.4. The maximum Gasteiger partial charge on any atom is 0.307 e. The summed E-state index contributed by atoms with van der Waals surface area (Å²) >= 11 is 0. The first-order valence-electron chi connectivity index (χ1n) is 13.3. The summed E-state index contributed by atoms with van der Waals surface area (Å²) in [5.41, 5.74) is 3.27. The highest BCUT2D eigenvalue weighted by molar-refractivity contribution is 5.92. The molecule has 7 rings (SSSR count). The fourth-order valence-corrected chi connectivity index (χ4v) is 8.04. The minimum absolute atomic E-state index is 0.0145. The number of nitro groups is 1. The molecule has 4 bridgehead atoms. The maximum atomic E-state index is 13.5. The Morgan fingerprint density at radius 1 is 1.24 bits per heavy atom. The molecule has 2 unspecified atom stereocenters. The van der Waals surface area contributed by atoms with E-state index >= 15 is 0 Å². The number of nitrogens with zero attached hydrogens (tertiary/aromatic N) is 5. The number of amides is 1. The van der Waals surface area contributed by atoms with E-state index in [0.717, 1.165) is 60.5 Å². The van der Waals surface area contributed by atoms with Crippen LogP contribution in [-0.2, 0) is 16.9 Å². The third-order valence-electron chi connectivity index (χ3n) is 9.07. The Balaban J connectivity index is 1.19. The van der Waals surface area contributed by atoms with Crippen LogP contribution >= 0.6 is 0 Å². The van der Waals surface area contributed by atoms with E-state index in [9.17, 15) is 14.9 Å². The van der Waals surface area contributed by atoms with Gasteiger partial charge in [-0.2, -0.15) is 10.2 Å². The highest BCUT2D eigenvalue weighted by Crippen LogP contribution is 2.65. The lowest BCUT2D eigenvalue weighted by atomic mass is 9.46. The largest absolute Gasteiger partial charge is 0.497 e. The molecule has 4 aliphatic carbocycles. The van der Waals surface area contributed by atoms with Crippen LogP contribution < -0.4 is 10.1 Å². The first-order valence-corrected chi connectivity index (χ1v) is 13.3. The molecule has 2 aromatic heterocycles. The summed E-state index contributed by atoms with van der Waals surface area (Å²) in [7, 11) is 1.65. The number of carbonyl (C=O) groups excluding carboxylic acids is 1. The smallest absolute Gasteiger partial charge is 0.307 e. The molecule has 0 saturated heterocycles. The number of aryl methyl sites for hydroxylation is 1. The SMILES string of the molecule is COc1cccc(Cn2nc(C)c(NC(=O)CC34CC5CC(C3)CC(n3cc([N+](=O)[O-])cn3)(C5)C4)c2C)c1. The molecule has 10 nitrogen and oxygen atoms in total. The van der Waals surface area contributed by atoms with Gasteiger partial charge >= 0.3 is 5.69 Å². The van der Waals surface area contributed by atoms with Crippen molar-refractivity contribution in [3.63, 3.8) is 0 Å². The molecule has 4 saturated carbocycles. The number of nitrogens with one attached hydrogen (secondary N) is 1. The molecule has 10 heteroatoms. The standard InChI is InChI=1S/C28H34N6O4/c1-18-26(19(2)32(31-18)15-20-5-4-6-24(8-20)38-3)30-25(35)13-27-9-21-7-22(10-27)12-28(11-21,17-27)33-16-23(14-29-33)34(36)37/h4-6,8,14,16,21-22H,7,9-13,15,17H2,1-3H3,(H,30,35). The summed E-state index contributed by atoms with van der Waals surface area (Å²) in [4.78, 5) is 24.4. The molecule has 3 aromatic rings. The molecule has 1 amide bonds. The van der Waals surface area contributed by atoms with Crippen molar-refractivity contribution >= 4 is 17.3 Å². The van der Waals surface area contributed by atoms with E-state index in [0.29, 0.717) is 24.8 Å². The fraction of sp³-hybridized carbons (Fsp3) is 0.536. The van der Waals surface area contributed by atoms with Crippen LogP contribution in [0, 0.1) is 41.2 Å². The van der Waals surface area contributed by atoms with Crippen molar-refractivity contribution in [1.29, 1.82) is 0 Å². The van der Waals surface area contributed by atoms with E-state index < -0.39 is 0 Å². The summed E-state index contributed by atoms with van der Waals surface area (Å²) in [5.74, 6) is 1.87. The lowest BCUT2D eigenvalue weighted by Gasteiger charge is -2.61. The van der Waals surface area contributed by atoms with E-state index in [1.54, 1.807) is 13.3 Å². The number of carbonyl (C=O) groups is 1. The van der Waals surface area contributed by atoms with E-state index in [1.807, 2.05) is 47.5 Å². The van der Waals surface area contributed by atoms with Crippen LogP contribution in [0.15, 0.2) is 36.7 Å². The molecule has 4 aliphatic rings. The average molecular weight is 519 g/mol. The summed E-state index contributed by atoms with van der Waals surface area (Å²) in [6.07, 6.45) is 9.46. The average Bonchev–Trinajstić information content (AvgIpc) is 3.46. The molecule has 200 valence electrons. The topological polar surface area (TPSA) is 117 Å². The van der Waals surface area contributed by atoms with E-state index in [1.165, 1.54) is 12.6 Å². The van der Waals surface area contributed by atoms with Crippen LogP contribution in [0.25, 0.3) is 0 Å². The maximum absolute atomic E-state index is 13.5. The number of anilines is 1. The molecule has 1 N–H and O–H groups in total. The van der Waals surface area contributed by atoms with Gasteiger partial charge in [-0.1, -0.05) is 12.1 Å². The molecule has 38 heavy (non-hydrogen) atoms. The minimum atomic E-state index is -0.383. The molecule has 4 fully saturated rings. The Hall–Kier alpha value is -3.69. The lowest BCUT2D eigenvalue weighted by Crippen LogP contribution is -2.57. The molecule has 1 aromatic carbocycles. The number of benzene rings is 1. The predicted molar refractivity (Wildman–Crippen MR) is 141 cm³/mol. The molecule has 0 aliphatic heterocycles. The highest BCUT2D eigenvalue weighted by atomic mass is 16.6. The van der Waals surface area contributed by atoms with E-state index in [2.05, 4.69) is 10.4 Å². The van der Waals surface area contributed by atoms with Crippen LogP contribution in [0.2, 0.25) is 0 Å². The predicted octanol–water partition coefficient (Wildman–Crippen LogP) is 4.99.